The third kappa shape index (κ3) is 10.3. The van der Waals surface area contributed by atoms with Gasteiger partial charge in [-0.1, -0.05) is 27.2 Å². The van der Waals surface area contributed by atoms with Gasteiger partial charge >= 0.3 is 0 Å². The Bertz CT molecular complexity index is 273. The molecule has 1 fully saturated rings. The Balaban J connectivity index is 0.00000400. The Morgan fingerprint density at radius 1 is 1.33 bits per heavy atom. The maximum absolute atomic E-state index is 5.87. The quantitative estimate of drug-likeness (QED) is 0.280. The van der Waals surface area contributed by atoms with Crippen LogP contribution in [0.15, 0.2) is 4.99 Å². The van der Waals surface area contributed by atoms with Gasteiger partial charge in [0.05, 0.1) is 0 Å². The standard InChI is InChI=1S/C16H34N4.HI/c1-4-5-9-18-16(17)19-13-15-7-11-20(12-8-15)10-6-14(2)3;/h14-15H,4-13H2,1-3H3,(H3,17,18,19);1H. The molecule has 1 heterocycles. The van der Waals surface area contributed by atoms with Crippen molar-refractivity contribution in [3.8, 4) is 0 Å². The second kappa shape index (κ2) is 12.5. The summed E-state index contributed by atoms with van der Waals surface area (Å²) in [5.41, 5.74) is 5.87. The summed E-state index contributed by atoms with van der Waals surface area (Å²) < 4.78 is 0. The number of aliphatic imine (C=N–C) groups is 1. The fourth-order valence-electron chi connectivity index (χ4n) is 2.51. The van der Waals surface area contributed by atoms with Gasteiger partial charge in [-0.3, -0.25) is 4.99 Å². The van der Waals surface area contributed by atoms with Crippen LogP contribution >= 0.6 is 24.0 Å². The van der Waals surface area contributed by atoms with Crippen molar-refractivity contribution in [3.05, 3.63) is 0 Å². The Morgan fingerprint density at radius 3 is 2.57 bits per heavy atom. The molecular weight excluding hydrogens is 375 g/mol. The molecule has 4 nitrogen and oxygen atoms in total. The zero-order valence-corrected chi connectivity index (χ0v) is 16.4. The highest BCUT2D eigenvalue weighted by Gasteiger charge is 2.18. The Kier molecular flexibility index (Phi) is 12.5. The van der Waals surface area contributed by atoms with Crippen molar-refractivity contribution in [1.29, 1.82) is 0 Å². The fraction of sp³-hybridized carbons (Fsp3) is 0.938. The average Bonchev–Trinajstić information content (AvgIpc) is 2.44. The first-order chi connectivity index (χ1) is 9.61. The number of nitrogens with one attached hydrogen (secondary N) is 1. The van der Waals surface area contributed by atoms with E-state index in [0.717, 1.165) is 31.3 Å². The minimum absolute atomic E-state index is 0. The fourth-order valence-corrected chi connectivity index (χ4v) is 2.51. The van der Waals surface area contributed by atoms with Crippen LogP contribution in [0.25, 0.3) is 0 Å². The minimum Gasteiger partial charge on any atom is -0.370 e. The average molecular weight is 410 g/mol. The molecule has 0 amide bonds. The molecule has 0 saturated carbocycles. The first kappa shape index (κ1) is 21.0. The summed E-state index contributed by atoms with van der Waals surface area (Å²) in [6, 6.07) is 0. The van der Waals surface area contributed by atoms with Crippen LogP contribution in [0, 0.1) is 11.8 Å². The molecule has 0 bridgehead atoms. The van der Waals surface area contributed by atoms with E-state index < -0.39 is 0 Å². The van der Waals surface area contributed by atoms with Gasteiger partial charge in [-0.15, -0.1) is 24.0 Å². The SMILES string of the molecule is CCCCNC(N)=NCC1CCN(CCC(C)C)CC1.I. The van der Waals surface area contributed by atoms with E-state index in [1.165, 1.54) is 45.3 Å². The van der Waals surface area contributed by atoms with E-state index >= 15 is 0 Å². The van der Waals surface area contributed by atoms with Crippen molar-refractivity contribution in [2.75, 3.05) is 32.7 Å². The molecule has 0 aromatic heterocycles. The van der Waals surface area contributed by atoms with Gasteiger partial charge in [0.15, 0.2) is 5.96 Å². The molecule has 0 spiro atoms. The number of nitrogens with two attached hydrogens (primary N) is 1. The van der Waals surface area contributed by atoms with Crippen LogP contribution < -0.4 is 11.1 Å². The lowest BCUT2D eigenvalue weighted by molar-refractivity contribution is 0.180. The summed E-state index contributed by atoms with van der Waals surface area (Å²) >= 11 is 0. The summed E-state index contributed by atoms with van der Waals surface area (Å²) in [5.74, 6) is 2.16. The zero-order chi connectivity index (χ0) is 14.8. The molecule has 0 aliphatic carbocycles. The number of halogens is 1. The lowest BCUT2D eigenvalue weighted by atomic mass is 9.96. The van der Waals surface area contributed by atoms with E-state index in [-0.39, 0.29) is 24.0 Å². The molecule has 1 aliphatic rings. The van der Waals surface area contributed by atoms with Gasteiger partial charge in [-0.25, -0.2) is 0 Å². The van der Waals surface area contributed by atoms with Gasteiger partial charge in [0.1, 0.15) is 0 Å². The van der Waals surface area contributed by atoms with Gasteiger partial charge in [0.2, 0.25) is 0 Å². The highest BCUT2D eigenvalue weighted by molar-refractivity contribution is 14.0. The van der Waals surface area contributed by atoms with Crippen molar-refractivity contribution in [3.63, 3.8) is 0 Å². The van der Waals surface area contributed by atoms with Gasteiger partial charge in [0.25, 0.3) is 0 Å². The Hall–Kier alpha value is -0.0400. The van der Waals surface area contributed by atoms with Crippen LogP contribution in [0.4, 0.5) is 0 Å². The van der Waals surface area contributed by atoms with E-state index in [0.29, 0.717) is 5.96 Å². The molecule has 0 aromatic rings. The lowest BCUT2D eigenvalue weighted by Gasteiger charge is -2.31. The second-order valence-corrected chi connectivity index (χ2v) is 6.47. The smallest absolute Gasteiger partial charge is 0.188 e. The van der Waals surface area contributed by atoms with Crippen LogP contribution in [0.5, 0.6) is 0 Å². The van der Waals surface area contributed by atoms with Crippen LogP contribution in [-0.2, 0) is 0 Å². The highest BCUT2D eigenvalue weighted by atomic mass is 127. The van der Waals surface area contributed by atoms with Crippen molar-refractivity contribution < 1.29 is 0 Å². The first-order valence-electron chi connectivity index (χ1n) is 8.38. The van der Waals surface area contributed by atoms with E-state index in [1.54, 1.807) is 0 Å². The summed E-state index contributed by atoms with van der Waals surface area (Å²) in [5, 5.41) is 3.18. The lowest BCUT2D eigenvalue weighted by Crippen LogP contribution is -2.37. The molecule has 1 rings (SSSR count). The molecule has 21 heavy (non-hydrogen) atoms. The molecule has 0 radical (unpaired) electrons. The third-order valence-electron chi connectivity index (χ3n) is 4.09. The molecule has 5 heteroatoms. The Morgan fingerprint density at radius 2 is 2.00 bits per heavy atom. The van der Waals surface area contributed by atoms with Gasteiger partial charge < -0.3 is 16.0 Å². The molecule has 0 unspecified atom stereocenters. The highest BCUT2D eigenvalue weighted by Crippen LogP contribution is 2.18. The topological polar surface area (TPSA) is 53.6 Å². The van der Waals surface area contributed by atoms with Crippen molar-refractivity contribution in [2.45, 2.75) is 52.9 Å². The predicted molar refractivity (Wildman–Crippen MR) is 103 cm³/mol. The van der Waals surface area contributed by atoms with Crippen LogP contribution in [-0.4, -0.2) is 43.6 Å². The molecule has 3 N–H and O–H groups in total. The first-order valence-corrected chi connectivity index (χ1v) is 8.38. The van der Waals surface area contributed by atoms with Gasteiger partial charge in [0, 0.05) is 13.1 Å². The van der Waals surface area contributed by atoms with Crippen molar-refractivity contribution >= 4 is 29.9 Å². The maximum atomic E-state index is 5.87. The monoisotopic (exact) mass is 410 g/mol. The van der Waals surface area contributed by atoms with E-state index in [9.17, 15) is 0 Å². The summed E-state index contributed by atoms with van der Waals surface area (Å²) in [4.78, 5) is 7.08. The largest absolute Gasteiger partial charge is 0.370 e. The van der Waals surface area contributed by atoms with Crippen molar-refractivity contribution in [1.82, 2.24) is 10.2 Å². The normalized spacial score (nSPS) is 17.8. The molecule has 0 aromatic carbocycles. The maximum Gasteiger partial charge on any atom is 0.188 e. The molecule has 0 atom stereocenters. The number of unbranched alkanes of at least 4 members (excludes halogenated alkanes) is 1. The van der Waals surface area contributed by atoms with E-state index in [2.05, 4.69) is 36.0 Å². The molecular formula is C16H35IN4. The number of hydrogen-bond donors (Lipinski definition) is 2. The van der Waals surface area contributed by atoms with Crippen molar-refractivity contribution in [2.24, 2.45) is 22.6 Å². The summed E-state index contributed by atoms with van der Waals surface area (Å²) in [6.07, 6.45) is 6.20. The summed E-state index contributed by atoms with van der Waals surface area (Å²) in [6.45, 7) is 12.3. The van der Waals surface area contributed by atoms with Crippen LogP contribution in [0.2, 0.25) is 0 Å². The summed E-state index contributed by atoms with van der Waals surface area (Å²) in [7, 11) is 0. The van der Waals surface area contributed by atoms with Crippen LogP contribution in [0.1, 0.15) is 52.9 Å². The van der Waals surface area contributed by atoms with E-state index in [4.69, 9.17) is 5.73 Å². The molecule has 1 saturated heterocycles. The number of likely N-dealkylation sites (tertiary alicyclic amines) is 1. The number of guanidine groups is 1. The number of rotatable bonds is 8. The Labute approximate surface area is 148 Å². The zero-order valence-electron chi connectivity index (χ0n) is 14.1. The van der Waals surface area contributed by atoms with Crippen LogP contribution in [0.3, 0.4) is 0 Å². The molecule has 126 valence electrons. The second-order valence-electron chi connectivity index (χ2n) is 6.47. The van der Waals surface area contributed by atoms with Gasteiger partial charge in [-0.05, 0) is 57.2 Å². The minimum atomic E-state index is 0. The van der Waals surface area contributed by atoms with E-state index in [1.807, 2.05) is 0 Å². The molecule has 1 aliphatic heterocycles. The van der Waals surface area contributed by atoms with Gasteiger partial charge in [-0.2, -0.15) is 0 Å². The number of piperidine rings is 1. The number of nitrogens with zero attached hydrogens (tertiary/aromatic N) is 2. The number of hydrogen-bond acceptors (Lipinski definition) is 2. The predicted octanol–water partition coefficient (Wildman–Crippen LogP) is 3.07. The third-order valence-corrected chi connectivity index (χ3v) is 4.09.